The fourth-order valence-corrected chi connectivity index (χ4v) is 5.81. The Balaban J connectivity index is 0. The first-order chi connectivity index (χ1) is 17.1. The fourth-order valence-electron chi connectivity index (χ4n) is 4.97. The minimum absolute atomic E-state index is 0. The summed E-state index contributed by atoms with van der Waals surface area (Å²) < 4.78 is 4.81. The Morgan fingerprint density at radius 2 is 1.37 bits per heavy atom. The van der Waals surface area contributed by atoms with Crippen LogP contribution >= 0.6 is 32.0 Å². The molecule has 2 heterocycles. The van der Waals surface area contributed by atoms with Gasteiger partial charge in [0.25, 0.3) is 0 Å². The van der Waals surface area contributed by atoms with Gasteiger partial charge in [0, 0.05) is 22.0 Å². The van der Waals surface area contributed by atoms with Gasteiger partial charge in [-0.2, -0.15) is 37.3 Å². The van der Waals surface area contributed by atoms with E-state index in [1.54, 1.807) is 0 Å². The Morgan fingerprint density at radius 3 is 1.80 bits per heavy atom. The third-order valence-electron chi connectivity index (χ3n) is 6.68. The minimum Gasteiger partial charge on any atom is 0 e. The van der Waals surface area contributed by atoms with Gasteiger partial charge in [-0.15, -0.1) is 24.9 Å². The van der Waals surface area contributed by atoms with Gasteiger partial charge in [0.2, 0.25) is 0 Å². The molecule has 7 nitrogen and oxygen atoms in total. The Morgan fingerprint density at radius 1 is 0.943 bits per heavy atom. The monoisotopic (exact) mass is 590 g/mol. The van der Waals surface area contributed by atoms with E-state index in [1.807, 2.05) is 0 Å². The summed E-state index contributed by atoms with van der Waals surface area (Å²) in [4.78, 5) is 17.6. The Labute approximate surface area is 234 Å². The predicted octanol–water partition coefficient (Wildman–Crippen LogP) is 7.84. The van der Waals surface area contributed by atoms with Gasteiger partial charge >= 0.3 is 39.3 Å². The van der Waals surface area contributed by atoms with Crippen LogP contribution in [0.2, 0.25) is 0 Å². The molecule has 0 amide bonds. The SMILES string of the molecule is COC(=O)CSc1cc2nc(c1)C[N-][C@@H]1CCCC[C@H]1[N-]CC[N-]C1CCCCC1[N-]C2.[Cl][Mn][Cl].[HH].[HH].[HH].[HH]. The van der Waals surface area contributed by atoms with Crippen molar-refractivity contribution in [2.75, 3.05) is 26.0 Å². The number of rotatable bonds is 3. The van der Waals surface area contributed by atoms with Crippen molar-refractivity contribution in [3.8, 4) is 0 Å². The van der Waals surface area contributed by atoms with Crippen LogP contribution in [0, 0.1) is 0 Å². The third kappa shape index (κ3) is 10.3. The van der Waals surface area contributed by atoms with Crippen molar-refractivity contribution in [3.05, 3.63) is 44.8 Å². The second-order valence-electron chi connectivity index (χ2n) is 9.04. The van der Waals surface area contributed by atoms with E-state index < -0.39 is 0 Å². The molecule has 1 aliphatic heterocycles. The average Bonchev–Trinajstić information content (AvgIpc) is 2.88. The molecule has 35 heavy (non-hydrogen) atoms. The number of esters is 1. The molecule has 4 rings (SSSR count). The summed E-state index contributed by atoms with van der Waals surface area (Å²) in [5, 5.41) is 20.1. The van der Waals surface area contributed by atoms with Gasteiger partial charge in [-0.25, -0.2) is 0 Å². The molecule has 4 atom stereocenters. The van der Waals surface area contributed by atoms with Crippen LogP contribution in [0.15, 0.2) is 17.0 Å². The van der Waals surface area contributed by atoms with Gasteiger partial charge in [-0.3, -0.25) is 9.78 Å². The number of hydrogen-bond donors (Lipinski definition) is 0. The summed E-state index contributed by atoms with van der Waals surface area (Å²) in [6.45, 7) is 2.79. The van der Waals surface area contributed by atoms with Crippen molar-refractivity contribution in [3.63, 3.8) is 0 Å². The maximum atomic E-state index is 11.6. The molecule has 0 saturated heterocycles. The molecule has 0 spiro atoms. The number of hydrogen-bond acceptors (Lipinski definition) is 4. The molecule has 1 aromatic rings. The second-order valence-corrected chi connectivity index (χ2v) is 12.0. The number of carbonyl (C=O) groups excluding carboxylic acids is 1. The van der Waals surface area contributed by atoms with Gasteiger partial charge in [0.05, 0.1) is 12.9 Å². The summed E-state index contributed by atoms with van der Waals surface area (Å²) in [5.41, 5.74) is 1.91. The molecule has 2 aliphatic carbocycles. The first-order valence-electron chi connectivity index (χ1n) is 12.4. The van der Waals surface area contributed by atoms with Crippen LogP contribution in [0.4, 0.5) is 0 Å². The van der Waals surface area contributed by atoms with Crippen LogP contribution < -0.4 is 0 Å². The zero-order valence-corrected chi connectivity index (χ0v) is 23.8. The molecular weight excluding hydrogens is 548 g/mol. The van der Waals surface area contributed by atoms with Gasteiger partial charge < -0.3 is 26.0 Å². The van der Waals surface area contributed by atoms with Crippen molar-refractivity contribution in [1.82, 2.24) is 4.98 Å². The summed E-state index contributed by atoms with van der Waals surface area (Å²) in [6.07, 6.45) is 9.39. The molecule has 0 N–H and O–H groups in total. The zero-order valence-electron chi connectivity index (χ0n) is 20.3. The first-order valence-corrected chi connectivity index (χ1v) is 16.6. The van der Waals surface area contributed by atoms with Crippen molar-refractivity contribution in [2.45, 2.75) is 93.5 Å². The molecule has 207 valence electrons. The van der Waals surface area contributed by atoms with Gasteiger partial charge in [-0.1, -0.05) is 51.4 Å². The molecular formula is C24H43Cl2MnN5O2S-4. The third-order valence-corrected chi connectivity index (χ3v) is 7.63. The molecule has 2 bridgehead atoms. The number of fused-ring (bicyclic) bond motifs is 4. The summed E-state index contributed by atoms with van der Waals surface area (Å²) in [6, 6.07) is 5.30. The van der Waals surface area contributed by atoms with Crippen LogP contribution in [0.3, 0.4) is 0 Å². The van der Waals surface area contributed by atoms with E-state index in [9.17, 15) is 4.79 Å². The van der Waals surface area contributed by atoms with Gasteiger partial charge in [0.15, 0.2) is 0 Å². The quantitative estimate of drug-likeness (QED) is 0.203. The van der Waals surface area contributed by atoms with Crippen molar-refractivity contribution in [1.29, 1.82) is 0 Å². The van der Waals surface area contributed by atoms with Crippen LogP contribution in [-0.4, -0.2) is 61.1 Å². The van der Waals surface area contributed by atoms with Gasteiger partial charge in [-0.05, 0) is 12.1 Å². The van der Waals surface area contributed by atoms with Crippen molar-refractivity contribution >= 4 is 37.9 Å². The summed E-state index contributed by atoms with van der Waals surface area (Å²) >= 11 is 1.50. The Bertz CT molecular complexity index is 752. The van der Waals surface area contributed by atoms with Crippen LogP contribution in [0.25, 0.3) is 21.3 Å². The number of thioether (sulfide) groups is 1. The van der Waals surface area contributed by atoms with E-state index in [1.165, 1.54) is 44.6 Å². The maximum Gasteiger partial charge on any atom is 0 e. The van der Waals surface area contributed by atoms with E-state index in [4.69, 9.17) is 51.2 Å². The Kier molecular flexibility index (Phi) is 14.1. The average molecular weight is 592 g/mol. The molecule has 1 aromatic heterocycles. The summed E-state index contributed by atoms with van der Waals surface area (Å²) in [7, 11) is 11.0. The molecule has 2 unspecified atom stereocenters. The summed E-state index contributed by atoms with van der Waals surface area (Å²) in [5.74, 6) is 0.0712. The Hall–Kier alpha value is -0.0905. The number of halogens is 2. The molecule has 2 saturated carbocycles. The largest absolute Gasteiger partial charge is 0 e. The molecule has 3 aliphatic rings. The molecule has 0 radical (unpaired) electrons. The predicted molar refractivity (Wildman–Crippen MR) is 150 cm³/mol. The van der Waals surface area contributed by atoms with E-state index >= 15 is 0 Å². The van der Waals surface area contributed by atoms with E-state index in [0.717, 1.165) is 55.1 Å². The fraction of sp³-hybridized carbons (Fsp3) is 0.750. The zero-order chi connectivity index (χ0) is 24.9. The minimum atomic E-state index is -0.221. The number of methoxy groups -OCH3 is 1. The van der Waals surface area contributed by atoms with Crippen LogP contribution in [0.5, 0.6) is 0 Å². The van der Waals surface area contributed by atoms with E-state index in [2.05, 4.69) is 12.1 Å². The molecule has 2 fully saturated rings. The van der Waals surface area contributed by atoms with E-state index in [0.29, 0.717) is 30.9 Å². The molecule has 0 aromatic carbocycles. The topological polar surface area (TPSA) is 95.6 Å². The van der Waals surface area contributed by atoms with Crippen LogP contribution in [0.1, 0.15) is 68.5 Å². The number of nitrogens with zero attached hydrogens (tertiary/aromatic N) is 5. The normalized spacial score (nSPS) is 27.6. The number of carbonyl (C=O) groups is 1. The maximum absolute atomic E-state index is 11.6. The number of ether oxygens (including phenoxy) is 1. The smallest absolute Gasteiger partial charge is 0 e. The first kappa shape index (κ1) is 29.5. The van der Waals surface area contributed by atoms with Gasteiger partial charge in [0.1, 0.15) is 0 Å². The standard InChI is InChI=1S/C24H35N5O2S.2ClH.Mn.4H2/c1-31-24(30)16-32-19-12-17-14-27-22-8-4-2-6-20(22)25-10-11-26-21-7-3-5-9-23(21)28-15-18(13-19)29-17;;;;;;;/h12-13,20-23H,2-11,14-16H2,1H3;2*1H;;4*1H/q-4;;;+2;;;;/p-2/t20-,21?,22-,23?;;;;;;;/m1......./s1. The number of pyridine rings is 1. The second kappa shape index (κ2) is 16.7. The molecule has 11 heteroatoms. The number of aromatic nitrogens is 1. The van der Waals surface area contributed by atoms with E-state index in [-0.39, 0.29) is 36.9 Å². The van der Waals surface area contributed by atoms with Crippen molar-refractivity contribution < 1.29 is 28.4 Å². The van der Waals surface area contributed by atoms with Crippen molar-refractivity contribution in [2.24, 2.45) is 0 Å². The van der Waals surface area contributed by atoms with Crippen LogP contribution in [-0.2, 0) is 35.8 Å².